The fourth-order valence-electron chi connectivity index (χ4n) is 3.71. The molecule has 1 aromatic carbocycles. The molecule has 1 fully saturated rings. The molecule has 3 aromatic rings. The minimum Gasteiger partial charge on any atom is -0.356 e. The van der Waals surface area contributed by atoms with Crippen LogP contribution in [-0.2, 0) is 6.42 Å². The second kappa shape index (κ2) is 7.40. The van der Waals surface area contributed by atoms with Gasteiger partial charge >= 0.3 is 0 Å². The van der Waals surface area contributed by atoms with Crippen molar-refractivity contribution in [2.24, 2.45) is 0 Å². The molecule has 26 heavy (non-hydrogen) atoms. The molecule has 0 radical (unpaired) electrons. The van der Waals surface area contributed by atoms with Gasteiger partial charge in [0.15, 0.2) is 0 Å². The molecule has 0 unspecified atom stereocenters. The van der Waals surface area contributed by atoms with Gasteiger partial charge in [0.1, 0.15) is 5.82 Å². The Morgan fingerprint density at radius 3 is 2.96 bits per heavy atom. The summed E-state index contributed by atoms with van der Waals surface area (Å²) in [5, 5.41) is 16.7. The summed E-state index contributed by atoms with van der Waals surface area (Å²) in [6, 6.07) is 16.3. The average Bonchev–Trinajstić information content (AvgIpc) is 3.17. The van der Waals surface area contributed by atoms with Gasteiger partial charge < -0.3 is 4.90 Å². The zero-order valence-electron chi connectivity index (χ0n) is 14.6. The van der Waals surface area contributed by atoms with Crippen LogP contribution in [0.2, 0.25) is 0 Å². The zero-order chi connectivity index (χ0) is 17.8. The van der Waals surface area contributed by atoms with Gasteiger partial charge in [0.2, 0.25) is 0 Å². The second-order valence-corrected chi connectivity index (χ2v) is 6.77. The number of nitrogens with one attached hydrogen (secondary N) is 1. The Bertz CT molecular complexity index is 909. The van der Waals surface area contributed by atoms with Gasteiger partial charge in [0, 0.05) is 37.3 Å². The van der Waals surface area contributed by atoms with Gasteiger partial charge in [-0.3, -0.25) is 5.10 Å². The molecule has 0 bridgehead atoms. The van der Waals surface area contributed by atoms with E-state index in [1.165, 1.54) is 16.8 Å². The second-order valence-electron chi connectivity index (χ2n) is 6.77. The van der Waals surface area contributed by atoms with E-state index in [0.717, 1.165) is 38.2 Å². The maximum Gasteiger partial charge on any atom is 0.129 e. The quantitative estimate of drug-likeness (QED) is 0.785. The van der Waals surface area contributed by atoms with E-state index in [1.54, 1.807) is 12.3 Å². The Labute approximate surface area is 153 Å². The number of H-pyrrole nitrogens is 1. The molecule has 1 N–H and O–H groups in total. The van der Waals surface area contributed by atoms with Gasteiger partial charge in [0.05, 0.1) is 17.8 Å². The molecule has 2 aromatic heterocycles. The van der Waals surface area contributed by atoms with Crippen LogP contribution in [0.5, 0.6) is 0 Å². The third-order valence-corrected chi connectivity index (χ3v) is 5.02. The van der Waals surface area contributed by atoms with Gasteiger partial charge in [-0.05, 0) is 36.1 Å². The van der Waals surface area contributed by atoms with E-state index in [2.05, 4.69) is 50.4 Å². The SMILES string of the molecule is N#Cc1ccnc(N2CCC[C@H](c3[nH]ncc3Cc3ccccc3)C2)c1. The highest BCUT2D eigenvalue weighted by atomic mass is 15.2. The highest BCUT2D eigenvalue weighted by Gasteiger charge is 2.25. The van der Waals surface area contributed by atoms with Gasteiger partial charge in [-0.2, -0.15) is 10.4 Å². The van der Waals surface area contributed by atoms with Crippen molar-refractivity contribution in [1.29, 1.82) is 5.26 Å². The number of hydrogen-bond acceptors (Lipinski definition) is 4. The van der Waals surface area contributed by atoms with Crippen LogP contribution < -0.4 is 4.90 Å². The third kappa shape index (κ3) is 3.45. The lowest BCUT2D eigenvalue weighted by atomic mass is 9.91. The summed E-state index contributed by atoms with van der Waals surface area (Å²) < 4.78 is 0. The van der Waals surface area contributed by atoms with Gasteiger partial charge in [-0.25, -0.2) is 4.98 Å². The first-order valence-electron chi connectivity index (χ1n) is 9.00. The molecule has 3 heterocycles. The van der Waals surface area contributed by atoms with E-state index >= 15 is 0 Å². The number of aromatic nitrogens is 3. The van der Waals surface area contributed by atoms with Crippen molar-refractivity contribution in [2.45, 2.75) is 25.2 Å². The molecule has 0 amide bonds. The summed E-state index contributed by atoms with van der Waals surface area (Å²) in [5.74, 6) is 1.29. The third-order valence-electron chi connectivity index (χ3n) is 5.02. The molecule has 4 rings (SSSR count). The molecule has 0 saturated carbocycles. The summed E-state index contributed by atoms with van der Waals surface area (Å²) in [6.45, 7) is 1.87. The van der Waals surface area contributed by atoms with Crippen LogP contribution in [-0.4, -0.2) is 28.3 Å². The summed E-state index contributed by atoms with van der Waals surface area (Å²) in [6.07, 6.45) is 6.81. The topological polar surface area (TPSA) is 68.6 Å². The number of nitriles is 1. The summed E-state index contributed by atoms with van der Waals surface area (Å²) >= 11 is 0. The van der Waals surface area contributed by atoms with Crippen LogP contribution >= 0.6 is 0 Å². The van der Waals surface area contributed by atoms with Crippen molar-refractivity contribution in [1.82, 2.24) is 15.2 Å². The van der Waals surface area contributed by atoms with E-state index in [0.29, 0.717) is 11.5 Å². The molecule has 130 valence electrons. The number of benzene rings is 1. The number of aromatic amines is 1. The lowest BCUT2D eigenvalue weighted by molar-refractivity contribution is 0.496. The lowest BCUT2D eigenvalue weighted by Gasteiger charge is -2.33. The molecule has 0 spiro atoms. The summed E-state index contributed by atoms with van der Waals surface area (Å²) in [7, 11) is 0. The molecular weight excluding hydrogens is 322 g/mol. The largest absolute Gasteiger partial charge is 0.356 e. The normalized spacial score (nSPS) is 17.0. The van der Waals surface area contributed by atoms with E-state index < -0.39 is 0 Å². The maximum absolute atomic E-state index is 9.13. The zero-order valence-corrected chi connectivity index (χ0v) is 14.6. The minimum absolute atomic E-state index is 0.400. The summed E-state index contributed by atoms with van der Waals surface area (Å²) in [5.41, 5.74) is 4.45. The predicted octanol–water partition coefficient (Wildman–Crippen LogP) is 3.65. The first-order valence-corrected chi connectivity index (χ1v) is 9.00. The smallest absolute Gasteiger partial charge is 0.129 e. The molecule has 1 aliphatic heterocycles. The summed E-state index contributed by atoms with van der Waals surface area (Å²) in [4.78, 5) is 6.75. The number of hydrogen-bond donors (Lipinski definition) is 1. The van der Waals surface area contributed by atoms with Gasteiger partial charge in [0.25, 0.3) is 0 Å². The number of nitrogens with zero attached hydrogens (tertiary/aromatic N) is 4. The van der Waals surface area contributed by atoms with E-state index in [9.17, 15) is 0 Å². The maximum atomic E-state index is 9.13. The van der Waals surface area contributed by atoms with Crippen LogP contribution in [0.4, 0.5) is 5.82 Å². The Kier molecular flexibility index (Phi) is 4.65. The van der Waals surface area contributed by atoms with Crippen LogP contribution in [0, 0.1) is 11.3 Å². The van der Waals surface area contributed by atoms with Crippen LogP contribution in [0.25, 0.3) is 0 Å². The first-order chi connectivity index (χ1) is 12.8. The highest BCUT2D eigenvalue weighted by molar-refractivity contribution is 5.46. The molecule has 1 atom stereocenters. The average molecular weight is 343 g/mol. The molecule has 0 aliphatic carbocycles. The Morgan fingerprint density at radius 1 is 1.23 bits per heavy atom. The standard InChI is InChI=1S/C21H21N5/c22-13-17-8-9-23-20(12-17)26-10-4-7-18(15-26)21-19(14-24-25-21)11-16-5-2-1-3-6-16/h1-3,5-6,8-9,12,14,18H,4,7,10-11,15H2,(H,24,25)/t18-/m0/s1. The molecule has 5 heteroatoms. The minimum atomic E-state index is 0.400. The fourth-order valence-corrected chi connectivity index (χ4v) is 3.71. The molecule has 1 aliphatic rings. The van der Waals surface area contributed by atoms with Crippen molar-refractivity contribution >= 4 is 5.82 Å². The Hall–Kier alpha value is -3.13. The highest BCUT2D eigenvalue weighted by Crippen LogP contribution is 2.31. The monoisotopic (exact) mass is 343 g/mol. The molecular formula is C21H21N5. The first kappa shape index (κ1) is 16.3. The van der Waals surface area contributed by atoms with E-state index in [1.807, 2.05) is 18.3 Å². The van der Waals surface area contributed by atoms with Gasteiger partial charge in [-0.15, -0.1) is 0 Å². The fraction of sp³-hybridized carbons (Fsp3) is 0.286. The molecule has 1 saturated heterocycles. The van der Waals surface area contributed by atoms with Crippen LogP contribution in [0.3, 0.4) is 0 Å². The van der Waals surface area contributed by atoms with E-state index in [4.69, 9.17) is 5.26 Å². The number of pyridine rings is 1. The van der Waals surface area contributed by atoms with Crippen LogP contribution in [0.1, 0.15) is 41.1 Å². The predicted molar refractivity (Wildman–Crippen MR) is 101 cm³/mol. The van der Waals surface area contributed by atoms with Crippen molar-refractivity contribution < 1.29 is 0 Å². The van der Waals surface area contributed by atoms with Crippen molar-refractivity contribution in [2.75, 3.05) is 18.0 Å². The Balaban J connectivity index is 1.53. The number of piperidine rings is 1. The number of anilines is 1. The van der Waals surface area contributed by atoms with Crippen molar-refractivity contribution in [3.8, 4) is 6.07 Å². The molecule has 5 nitrogen and oxygen atoms in total. The van der Waals surface area contributed by atoms with Crippen LogP contribution in [0.15, 0.2) is 54.9 Å². The van der Waals surface area contributed by atoms with Crippen molar-refractivity contribution in [3.05, 3.63) is 77.2 Å². The number of rotatable bonds is 4. The van der Waals surface area contributed by atoms with E-state index in [-0.39, 0.29) is 0 Å². The Morgan fingerprint density at radius 2 is 2.12 bits per heavy atom. The lowest BCUT2D eigenvalue weighted by Crippen LogP contribution is -2.35. The van der Waals surface area contributed by atoms with Crippen molar-refractivity contribution in [3.63, 3.8) is 0 Å². The van der Waals surface area contributed by atoms with Gasteiger partial charge in [-0.1, -0.05) is 30.3 Å².